The van der Waals surface area contributed by atoms with Crippen molar-refractivity contribution in [2.75, 3.05) is 31.6 Å². The molecule has 3 nitrogen and oxygen atoms in total. The molecule has 0 radical (unpaired) electrons. The van der Waals surface area contributed by atoms with Crippen LogP contribution in [-0.4, -0.2) is 32.8 Å². The molecule has 1 aliphatic rings. The SMILES string of the molecule is COc1ccc(N2CCC(CNC(C)C)C2)cc1C. The van der Waals surface area contributed by atoms with Crippen LogP contribution in [0.4, 0.5) is 5.69 Å². The summed E-state index contributed by atoms with van der Waals surface area (Å²) >= 11 is 0. The maximum Gasteiger partial charge on any atom is 0.121 e. The minimum Gasteiger partial charge on any atom is -0.496 e. The van der Waals surface area contributed by atoms with E-state index in [0.29, 0.717) is 6.04 Å². The quantitative estimate of drug-likeness (QED) is 0.883. The molecule has 1 unspecified atom stereocenters. The highest BCUT2D eigenvalue weighted by molar-refractivity contribution is 5.53. The Morgan fingerprint density at radius 1 is 1.42 bits per heavy atom. The lowest BCUT2D eigenvalue weighted by atomic mass is 10.1. The number of ether oxygens (including phenoxy) is 1. The maximum absolute atomic E-state index is 5.32. The Morgan fingerprint density at radius 2 is 2.21 bits per heavy atom. The van der Waals surface area contributed by atoms with E-state index in [1.54, 1.807) is 7.11 Å². The van der Waals surface area contributed by atoms with Crippen molar-refractivity contribution in [3.8, 4) is 5.75 Å². The first-order chi connectivity index (χ1) is 9.10. The normalized spacial score (nSPS) is 19.2. The zero-order valence-corrected chi connectivity index (χ0v) is 12.6. The van der Waals surface area contributed by atoms with E-state index in [4.69, 9.17) is 4.74 Å². The highest BCUT2D eigenvalue weighted by atomic mass is 16.5. The van der Waals surface area contributed by atoms with Gasteiger partial charge in [0.2, 0.25) is 0 Å². The number of aryl methyl sites for hydroxylation is 1. The van der Waals surface area contributed by atoms with Crippen LogP contribution in [0.1, 0.15) is 25.8 Å². The largest absolute Gasteiger partial charge is 0.496 e. The lowest BCUT2D eigenvalue weighted by Gasteiger charge is -2.20. The molecular formula is C16H26N2O. The lowest BCUT2D eigenvalue weighted by Crippen LogP contribution is -2.30. The van der Waals surface area contributed by atoms with E-state index >= 15 is 0 Å². The smallest absolute Gasteiger partial charge is 0.121 e. The number of rotatable bonds is 5. The fraction of sp³-hybridized carbons (Fsp3) is 0.625. The minimum atomic E-state index is 0.581. The molecule has 0 bridgehead atoms. The van der Waals surface area contributed by atoms with Crippen molar-refractivity contribution in [3.63, 3.8) is 0 Å². The van der Waals surface area contributed by atoms with Gasteiger partial charge in [0.25, 0.3) is 0 Å². The summed E-state index contributed by atoms with van der Waals surface area (Å²) in [6.45, 7) is 9.97. The molecule has 0 amide bonds. The van der Waals surface area contributed by atoms with Gasteiger partial charge in [-0.2, -0.15) is 0 Å². The molecule has 3 heteroatoms. The Bertz CT molecular complexity index is 417. The van der Waals surface area contributed by atoms with Crippen molar-refractivity contribution >= 4 is 5.69 Å². The highest BCUT2D eigenvalue weighted by Gasteiger charge is 2.22. The molecule has 106 valence electrons. The fourth-order valence-electron chi connectivity index (χ4n) is 2.70. The standard InChI is InChI=1S/C16H26N2O/c1-12(2)17-10-14-7-8-18(11-14)15-5-6-16(19-4)13(3)9-15/h5-6,9,12,14,17H,7-8,10-11H2,1-4H3. The Kier molecular flexibility index (Phi) is 4.70. The number of benzene rings is 1. The van der Waals surface area contributed by atoms with Crippen LogP contribution in [0, 0.1) is 12.8 Å². The van der Waals surface area contributed by atoms with Gasteiger partial charge < -0.3 is 15.0 Å². The molecule has 1 N–H and O–H groups in total. The van der Waals surface area contributed by atoms with Gasteiger partial charge in [0.1, 0.15) is 5.75 Å². The zero-order chi connectivity index (χ0) is 13.8. The van der Waals surface area contributed by atoms with Crippen LogP contribution in [-0.2, 0) is 0 Å². The molecule has 19 heavy (non-hydrogen) atoms. The van der Waals surface area contributed by atoms with E-state index in [1.807, 2.05) is 0 Å². The van der Waals surface area contributed by atoms with Crippen molar-refractivity contribution in [3.05, 3.63) is 23.8 Å². The van der Waals surface area contributed by atoms with Gasteiger partial charge in [0, 0.05) is 24.8 Å². The molecule has 0 saturated carbocycles. The topological polar surface area (TPSA) is 24.5 Å². The van der Waals surface area contributed by atoms with Gasteiger partial charge in [0.05, 0.1) is 7.11 Å². The third-order valence-corrected chi connectivity index (χ3v) is 3.84. The van der Waals surface area contributed by atoms with E-state index in [1.165, 1.54) is 17.7 Å². The van der Waals surface area contributed by atoms with Crippen LogP contribution in [0.15, 0.2) is 18.2 Å². The zero-order valence-electron chi connectivity index (χ0n) is 12.6. The average Bonchev–Trinajstić information content (AvgIpc) is 2.85. The lowest BCUT2D eigenvalue weighted by molar-refractivity contribution is 0.411. The van der Waals surface area contributed by atoms with Crippen LogP contribution in [0.5, 0.6) is 5.75 Å². The van der Waals surface area contributed by atoms with Gasteiger partial charge in [-0.1, -0.05) is 13.8 Å². The molecule has 0 aliphatic carbocycles. The maximum atomic E-state index is 5.32. The van der Waals surface area contributed by atoms with E-state index < -0.39 is 0 Å². The summed E-state index contributed by atoms with van der Waals surface area (Å²) in [4.78, 5) is 2.49. The van der Waals surface area contributed by atoms with Crippen LogP contribution < -0.4 is 15.0 Å². The fourth-order valence-corrected chi connectivity index (χ4v) is 2.70. The van der Waals surface area contributed by atoms with Crippen LogP contribution in [0.25, 0.3) is 0 Å². The van der Waals surface area contributed by atoms with Crippen molar-refractivity contribution in [2.24, 2.45) is 5.92 Å². The van der Waals surface area contributed by atoms with Crippen LogP contribution in [0.3, 0.4) is 0 Å². The molecule has 1 atom stereocenters. The predicted octanol–water partition coefficient (Wildman–Crippen LogP) is 2.83. The van der Waals surface area contributed by atoms with Gasteiger partial charge in [-0.05, 0) is 49.6 Å². The summed E-state index contributed by atoms with van der Waals surface area (Å²) in [7, 11) is 1.73. The van der Waals surface area contributed by atoms with Crippen molar-refractivity contribution < 1.29 is 4.74 Å². The third-order valence-electron chi connectivity index (χ3n) is 3.84. The van der Waals surface area contributed by atoms with Gasteiger partial charge in [-0.25, -0.2) is 0 Å². The molecule has 2 rings (SSSR count). The molecular weight excluding hydrogens is 236 g/mol. The van der Waals surface area contributed by atoms with Crippen molar-refractivity contribution in [1.82, 2.24) is 5.32 Å². The van der Waals surface area contributed by atoms with Crippen molar-refractivity contribution in [1.29, 1.82) is 0 Å². The first-order valence-electron chi connectivity index (χ1n) is 7.23. The molecule has 1 aromatic rings. The summed E-state index contributed by atoms with van der Waals surface area (Å²) in [5.74, 6) is 1.74. The van der Waals surface area contributed by atoms with E-state index in [2.05, 4.69) is 49.2 Å². The third kappa shape index (κ3) is 3.63. The minimum absolute atomic E-state index is 0.581. The van der Waals surface area contributed by atoms with Crippen LogP contribution >= 0.6 is 0 Å². The molecule has 1 aliphatic heterocycles. The molecule has 0 spiro atoms. The molecule has 1 fully saturated rings. The second kappa shape index (κ2) is 6.29. The summed E-state index contributed by atoms with van der Waals surface area (Å²) < 4.78 is 5.32. The number of methoxy groups -OCH3 is 1. The number of anilines is 1. The first-order valence-corrected chi connectivity index (χ1v) is 7.23. The van der Waals surface area contributed by atoms with E-state index in [-0.39, 0.29) is 0 Å². The monoisotopic (exact) mass is 262 g/mol. The van der Waals surface area contributed by atoms with Gasteiger partial charge >= 0.3 is 0 Å². The van der Waals surface area contributed by atoms with Gasteiger partial charge in [-0.3, -0.25) is 0 Å². The summed E-state index contributed by atoms with van der Waals surface area (Å²) in [5, 5.41) is 3.54. The molecule has 1 aromatic carbocycles. The number of hydrogen-bond acceptors (Lipinski definition) is 3. The summed E-state index contributed by atoms with van der Waals surface area (Å²) in [6, 6.07) is 7.06. The second-order valence-corrected chi connectivity index (χ2v) is 5.82. The number of hydrogen-bond donors (Lipinski definition) is 1. The Balaban J connectivity index is 1.95. The second-order valence-electron chi connectivity index (χ2n) is 5.82. The van der Waals surface area contributed by atoms with Gasteiger partial charge in [-0.15, -0.1) is 0 Å². The van der Waals surface area contributed by atoms with E-state index in [0.717, 1.165) is 31.3 Å². The molecule has 0 aromatic heterocycles. The van der Waals surface area contributed by atoms with Gasteiger partial charge in [0.15, 0.2) is 0 Å². The molecule has 1 heterocycles. The van der Waals surface area contributed by atoms with Crippen molar-refractivity contribution in [2.45, 2.75) is 33.2 Å². The highest BCUT2D eigenvalue weighted by Crippen LogP contribution is 2.28. The van der Waals surface area contributed by atoms with E-state index in [9.17, 15) is 0 Å². The summed E-state index contributed by atoms with van der Waals surface area (Å²) in [6.07, 6.45) is 1.28. The Morgan fingerprint density at radius 3 is 2.84 bits per heavy atom. The molecule has 1 saturated heterocycles. The predicted molar refractivity (Wildman–Crippen MR) is 81.2 cm³/mol. The van der Waals surface area contributed by atoms with Crippen LogP contribution in [0.2, 0.25) is 0 Å². The first kappa shape index (κ1) is 14.2. The number of nitrogens with zero attached hydrogens (tertiary/aromatic N) is 1. The summed E-state index contributed by atoms with van der Waals surface area (Å²) in [5.41, 5.74) is 2.54. The Labute approximate surface area is 116 Å². The average molecular weight is 262 g/mol. The Hall–Kier alpha value is -1.22. The number of nitrogens with one attached hydrogen (secondary N) is 1.